The summed E-state index contributed by atoms with van der Waals surface area (Å²) in [6.45, 7) is 1.37. The summed E-state index contributed by atoms with van der Waals surface area (Å²) in [5, 5.41) is 9.26. The van der Waals surface area contributed by atoms with Crippen LogP contribution in [0.1, 0.15) is 12.0 Å². The molecule has 29 heavy (non-hydrogen) atoms. The van der Waals surface area contributed by atoms with Crippen LogP contribution in [0, 0.1) is 5.41 Å². The molecule has 3 aromatic carbocycles. The number of benzene rings is 3. The molecule has 0 saturated heterocycles. The Morgan fingerprint density at radius 3 is 2.55 bits per heavy atom. The zero-order valence-electron chi connectivity index (χ0n) is 16.6. The van der Waals surface area contributed by atoms with Crippen molar-refractivity contribution in [3.63, 3.8) is 0 Å². The molecule has 0 saturated carbocycles. The molecule has 6 nitrogen and oxygen atoms in total. The lowest BCUT2D eigenvalue weighted by Crippen LogP contribution is -2.18. The Morgan fingerprint density at radius 1 is 1.07 bits per heavy atom. The van der Waals surface area contributed by atoms with Crippen molar-refractivity contribution in [1.82, 2.24) is 4.90 Å². The van der Waals surface area contributed by atoms with E-state index in [4.69, 9.17) is 15.9 Å². The first-order valence-corrected chi connectivity index (χ1v) is 10.8. The molecule has 3 aromatic rings. The van der Waals surface area contributed by atoms with E-state index in [-0.39, 0.29) is 16.1 Å². The maximum atomic E-state index is 13.2. The van der Waals surface area contributed by atoms with Crippen molar-refractivity contribution in [2.75, 3.05) is 33.0 Å². The number of nitrogens with one attached hydrogen (secondary N) is 1. The van der Waals surface area contributed by atoms with Crippen LogP contribution in [0.3, 0.4) is 0 Å². The Hall–Kier alpha value is -2.90. The van der Waals surface area contributed by atoms with Gasteiger partial charge in [-0.05, 0) is 50.2 Å². The summed E-state index contributed by atoms with van der Waals surface area (Å²) in [6, 6.07) is 17.0. The molecule has 0 aliphatic rings. The summed E-state index contributed by atoms with van der Waals surface area (Å²) < 4.78 is 32.2. The van der Waals surface area contributed by atoms with E-state index in [1.54, 1.807) is 30.3 Å². The number of fused-ring (bicyclic) bond motifs is 1. The van der Waals surface area contributed by atoms with Crippen molar-refractivity contribution < 1.29 is 13.2 Å². The van der Waals surface area contributed by atoms with Crippen molar-refractivity contribution in [2.45, 2.75) is 11.3 Å². The smallest absolute Gasteiger partial charge is 0.224 e. The highest BCUT2D eigenvalue weighted by Gasteiger charge is 2.26. The summed E-state index contributed by atoms with van der Waals surface area (Å²) in [5.74, 6) is 0.492. The molecule has 0 spiro atoms. The van der Waals surface area contributed by atoms with Gasteiger partial charge in [-0.3, -0.25) is 5.41 Å². The van der Waals surface area contributed by atoms with Gasteiger partial charge < -0.3 is 15.4 Å². The number of hydrogen-bond acceptors (Lipinski definition) is 6. The number of anilines is 1. The summed E-state index contributed by atoms with van der Waals surface area (Å²) in [6.07, 6.45) is 0.832. The van der Waals surface area contributed by atoms with Gasteiger partial charge in [-0.1, -0.05) is 36.4 Å². The molecule has 0 aliphatic carbocycles. The number of nitrogens with two attached hydrogens (primary N) is 1. The predicted octanol–water partition coefficient (Wildman–Crippen LogP) is 3.55. The fourth-order valence-electron chi connectivity index (χ4n) is 3.08. The highest BCUT2D eigenvalue weighted by molar-refractivity contribution is 8.07. The molecule has 0 fully saturated rings. The van der Waals surface area contributed by atoms with Crippen LogP contribution in [0.2, 0.25) is 0 Å². The molecule has 0 unspecified atom stereocenters. The summed E-state index contributed by atoms with van der Waals surface area (Å²) >= 11 is 0. The third-order valence-electron chi connectivity index (χ3n) is 4.60. The molecule has 0 aromatic heterocycles. The van der Waals surface area contributed by atoms with Crippen molar-refractivity contribution in [3.05, 3.63) is 66.2 Å². The lowest BCUT2D eigenvalue weighted by Gasteiger charge is -2.14. The van der Waals surface area contributed by atoms with E-state index in [1.807, 2.05) is 32.3 Å². The molecular weight excluding hydrogens is 386 g/mol. The van der Waals surface area contributed by atoms with Crippen LogP contribution in [0.15, 0.2) is 65.6 Å². The van der Waals surface area contributed by atoms with Gasteiger partial charge in [0, 0.05) is 23.2 Å². The van der Waals surface area contributed by atoms with Crippen LogP contribution in [0.25, 0.3) is 10.8 Å². The molecule has 0 bridgehead atoms. The average molecular weight is 412 g/mol. The Kier molecular flexibility index (Phi) is 6.20. The van der Waals surface area contributed by atoms with Crippen LogP contribution in [0.5, 0.6) is 5.75 Å². The second kappa shape index (κ2) is 8.63. The minimum atomic E-state index is -4.05. The fourth-order valence-corrected chi connectivity index (χ4v) is 4.50. The first-order chi connectivity index (χ1) is 13.8. The summed E-state index contributed by atoms with van der Waals surface area (Å²) in [7, 11) is -0.0794. The number of sulfone groups is 1. The maximum absolute atomic E-state index is 13.2. The molecule has 0 amide bonds. The fraction of sp³-hybridized carbons (Fsp3) is 0.227. The SMILES string of the molecule is CN(C)CCCOc1ccc(N)c(C(=N)S(=O)(=O)c2cccc3ccccc23)c1. The number of nitrogens with zero attached hydrogens (tertiary/aromatic N) is 1. The quantitative estimate of drug-likeness (QED) is 0.268. The van der Waals surface area contributed by atoms with Crippen molar-refractivity contribution in [1.29, 1.82) is 5.41 Å². The van der Waals surface area contributed by atoms with Crippen molar-refractivity contribution in [2.24, 2.45) is 0 Å². The maximum Gasteiger partial charge on any atom is 0.224 e. The molecule has 3 rings (SSSR count). The first-order valence-electron chi connectivity index (χ1n) is 9.29. The van der Waals surface area contributed by atoms with Gasteiger partial charge in [0.25, 0.3) is 0 Å². The van der Waals surface area contributed by atoms with E-state index in [2.05, 4.69) is 4.90 Å². The lowest BCUT2D eigenvalue weighted by molar-refractivity contribution is 0.281. The number of hydrogen-bond donors (Lipinski definition) is 2. The second-order valence-corrected chi connectivity index (χ2v) is 8.92. The third-order valence-corrected chi connectivity index (χ3v) is 6.29. The largest absolute Gasteiger partial charge is 0.494 e. The Labute approximate surface area is 171 Å². The van der Waals surface area contributed by atoms with E-state index in [9.17, 15) is 8.42 Å². The van der Waals surface area contributed by atoms with Gasteiger partial charge in [0.2, 0.25) is 9.84 Å². The lowest BCUT2D eigenvalue weighted by atomic mass is 10.1. The number of rotatable bonds is 7. The van der Waals surface area contributed by atoms with Gasteiger partial charge in [0.05, 0.1) is 11.5 Å². The van der Waals surface area contributed by atoms with Gasteiger partial charge in [-0.2, -0.15) is 0 Å². The molecular formula is C22H25N3O3S. The van der Waals surface area contributed by atoms with Crippen LogP contribution in [-0.2, 0) is 9.84 Å². The molecule has 0 heterocycles. The molecule has 0 aliphatic heterocycles. The van der Waals surface area contributed by atoms with Crippen LogP contribution < -0.4 is 10.5 Å². The normalized spacial score (nSPS) is 11.7. The minimum absolute atomic E-state index is 0.0947. The van der Waals surface area contributed by atoms with Gasteiger partial charge in [0.1, 0.15) is 5.75 Å². The monoisotopic (exact) mass is 411 g/mol. The van der Waals surface area contributed by atoms with E-state index in [0.29, 0.717) is 17.7 Å². The van der Waals surface area contributed by atoms with Crippen LogP contribution in [0.4, 0.5) is 5.69 Å². The van der Waals surface area contributed by atoms with Crippen molar-refractivity contribution >= 4 is 31.3 Å². The van der Waals surface area contributed by atoms with Gasteiger partial charge >= 0.3 is 0 Å². The summed E-state index contributed by atoms with van der Waals surface area (Å²) in [4.78, 5) is 2.15. The van der Waals surface area contributed by atoms with Gasteiger partial charge in [-0.15, -0.1) is 0 Å². The van der Waals surface area contributed by atoms with E-state index in [0.717, 1.165) is 18.4 Å². The Balaban J connectivity index is 1.91. The number of nitrogen functional groups attached to an aromatic ring is 1. The zero-order valence-corrected chi connectivity index (χ0v) is 17.4. The number of ether oxygens (including phenoxy) is 1. The summed E-state index contributed by atoms with van der Waals surface area (Å²) in [5.41, 5.74) is 6.37. The van der Waals surface area contributed by atoms with E-state index in [1.165, 1.54) is 12.1 Å². The van der Waals surface area contributed by atoms with Gasteiger partial charge in [0.15, 0.2) is 5.04 Å². The molecule has 3 N–H and O–H groups in total. The van der Waals surface area contributed by atoms with Crippen LogP contribution >= 0.6 is 0 Å². The van der Waals surface area contributed by atoms with E-state index >= 15 is 0 Å². The van der Waals surface area contributed by atoms with E-state index < -0.39 is 14.9 Å². The highest BCUT2D eigenvalue weighted by Crippen LogP contribution is 2.29. The highest BCUT2D eigenvalue weighted by atomic mass is 32.2. The standard InChI is InChI=1S/C22H25N3O3S/c1-25(2)13-6-14-28-17-11-12-20(23)19(15-17)22(24)29(26,27)21-10-5-8-16-7-3-4-9-18(16)21/h3-5,7-12,15,24H,6,13-14,23H2,1-2H3. The Morgan fingerprint density at radius 2 is 1.79 bits per heavy atom. The Bertz CT molecular complexity index is 1140. The molecule has 152 valence electrons. The molecule has 0 atom stereocenters. The first kappa shape index (κ1) is 20.8. The topological polar surface area (TPSA) is 96.5 Å². The zero-order chi connectivity index (χ0) is 21.0. The molecule has 0 radical (unpaired) electrons. The third kappa shape index (κ3) is 4.58. The van der Waals surface area contributed by atoms with Crippen LogP contribution in [-0.4, -0.2) is 45.6 Å². The molecule has 7 heteroatoms. The average Bonchev–Trinajstić information content (AvgIpc) is 2.71. The second-order valence-electron chi connectivity index (χ2n) is 7.06. The minimum Gasteiger partial charge on any atom is -0.494 e. The van der Waals surface area contributed by atoms with Gasteiger partial charge in [-0.25, -0.2) is 8.42 Å². The predicted molar refractivity (Wildman–Crippen MR) is 117 cm³/mol. The van der Waals surface area contributed by atoms with Crippen molar-refractivity contribution in [3.8, 4) is 5.75 Å².